The number of fused-ring (bicyclic) bond motifs is 1. The van der Waals surface area contributed by atoms with E-state index in [4.69, 9.17) is 0 Å². The Morgan fingerprint density at radius 3 is 2.50 bits per heavy atom. The molecule has 2 heteroatoms. The van der Waals surface area contributed by atoms with Gasteiger partial charge >= 0.3 is 0 Å². The second-order valence-electron chi connectivity index (χ2n) is 5.25. The highest BCUT2D eigenvalue weighted by atomic mass is 14.9. The van der Waals surface area contributed by atoms with Crippen LogP contribution in [0.4, 0.5) is 0 Å². The van der Waals surface area contributed by atoms with E-state index < -0.39 is 0 Å². The molecule has 1 aromatic heterocycles. The molecule has 0 fully saturated rings. The quantitative estimate of drug-likeness (QED) is 0.658. The highest BCUT2D eigenvalue weighted by Gasteiger charge is 2.16. The van der Waals surface area contributed by atoms with Gasteiger partial charge in [0.15, 0.2) is 0 Å². The van der Waals surface area contributed by atoms with Crippen molar-refractivity contribution in [2.24, 2.45) is 7.05 Å². The Labute approximate surface area is 96.1 Å². The van der Waals surface area contributed by atoms with Crippen LogP contribution in [0.2, 0.25) is 0 Å². The zero-order valence-electron chi connectivity index (χ0n) is 10.2. The molecule has 0 aliphatic carbocycles. The van der Waals surface area contributed by atoms with Crippen LogP contribution < -0.4 is 0 Å². The summed E-state index contributed by atoms with van der Waals surface area (Å²) in [6.45, 7) is 6.49. The monoisotopic (exact) mass is 212 g/mol. The van der Waals surface area contributed by atoms with Crippen LogP contribution in [0.3, 0.4) is 0 Å². The highest BCUT2D eigenvalue weighted by molar-refractivity contribution is 5.86. The van der Waals surface area contributed by atoms with Gasteiger partial charge in [0.05, 0.1) is 11.1 Å². The van der Waals surface area contributed by atoms with Crippen LogP contribution in [0.25, 0.3) is 10.9 Å². The van der Waals surface area contributed by atoms with Gasteiger partial charge in [-0.25, -0.2) is 0 Å². The average molecular weight is 212 g/mol. The van der Waals surface area contributed by atoms with Crippen molar-refractivity contribution in [3.8, 4) is 6.07 Å². The van der Waals surface area contributed by atoms with Crippen molar-refractivity contribution in [1.29, 1.82) is 5.26 Å². The maximum atomic E-state index is 9.21. The van der Waals surface area contributed by atoms with Crippen LogP contribution in [-0.2, 0) is 12.5 Å². The van der Waals surface area contributed by atoms with Gasteiger partial charge < -0.3 is 4.57 Å². The molecule has 82 valence electrons. The maximum absolute atomic E-state index is 9.21. The minimum atomic E-state index is 0.0790. The van der Waals surface area contributed by atoms with Gasteiger partial charge in [-0.1, -0.05) is 20.8 Å². The van der Waals surface area contributed by atoms with E-state index in [0.29, 0.717) is 0 Å². The zero-order valence-corrected chi connectivity index (χ0v) is 10.2. The van der Waals surface area contributed by atoms with Crippen molar-refractivity contribution in [3.63, 3.8) is 0 Å². The van der Waals surface area contributed by atoms with Gasteiger partial charge in [0.2, 0.25) is 0 Å². The van der Waals surface area contributed by atoms with Gasteiger partial charge in [0.25, 0.3) is 0 Å². The molecule has 0 aliphatic rings. The topological polar surface area (TPSA) is 28.7 Å². The van der Waals surface area contributed by atoms with E-state index in [2.05, 4.69) is 39.0 Å². The van der Waals surface area contributed by atoms with E-state index in [-0.39, 0.29) is 5.41 Å². The SMILES string of the molecule is Cn1ccc2cc(C(C)(C)C)cc(C#N)c21. The summed E-state index contributed by atoms with van der Waals surface area (Å²) in [5, 5.41) is 10.4. The fraction of sp³-hybridized carbons (Fsp3) is 0.357. The molecule has 0 amide bonds. The highest BCUT2D eigenvalue weighted by Crippen LogP contribution is 2.28. The van der Waals surface area contributed by atoms with E-state index in [9.17, 15) is 5.26 Å². The standard InChI is InChI=1S/C14H16N2/c1-14(2,3)12-7-10-5-6-16(4)13(10)11(8-12)9-15/h5-8H,1-4H3. The van der Waals surface area contributed by atoms with Gasteiger partial charge in [-0.05, 0) is 29.2 Å². The Morgan fingerprint density at radius 1 is 1.25 bits per heavy atom. The van der Waals surface area contributed by atoms with E-state index in [1.807, 2.05) is 23.9 Å². The molecule has 0 atom stereocenters. The van der Waals surface area contributed by atoms with Crippen LogP contribution in [-0.4, -0.2) is 4.57 Å². The van der Waals surface area contributed by atoms with Crippen molar-refractivity contribution < 1.29 is 0 Å². The number of aromatic nitrogens is 1. The third-order valence-corrected chi connectivity index (χ3v) is 2.96. The van der Waals surface area contributed by atoms with Gasteiger partial charge in [-0.3, -0.25) is 0 Å². The van der Waals surface area contributed by atoms with E-state index >= 15 is 0 Å². The Kier molecular flexibility index (Phi) is 2.27. The molecule has 1 heterocycles. The molecule has 0 unspecified atom stereocenters. The van der Waals surface area contributed by atoms with Crippen LogP contribution in [0.1, 0.15) is 31.9 Å². The molecule has 0 saturated carbocycles. The third kappa shape index (κ3) is 1.59. The first-order valence-electron chi connectivity index (χ1n) is 5.43. The second-order valence-corrected chi connectivity index (χ2v) is 5.25. The Balaban J connectivity index is 2.81. The lowest BCUT2D eigenvalue weighted by atomic mass is 9.85. The summed E-state index contributed by atoms with van der Waals surface area (Å²) in [4.78, 5) is 0. The molecule has 0 aliphatic heterocycles. The first-order chi connectivity index (χ1) is 7.43. The molecular formula is C14H16N2. The minimum Gasteiger partial charge on any atom is -0.349 e. The van der Waals surface area contributed by atoms with Gasteiger partial charge in [0, 0.05) is 18.6 Å². The lowest BCUT2D eigenvalue weighted by Crippen LogP contribution is -2.11. The van der Waals surface area contributed by atoms with Crippen LogP contribution >= 0.6 is 0 Å². The smallest absolute Gasteiger partial charge is 0.101 e. The third-order valence-electron chi connectivity index (χ3n) is 2.96. The first kappa shape index (κ1) is 10.8. The molecule has 1 aromatic carbocycles. The largest absolute Gasteiger partial charge is 0.349 e. The zero-order chi connectivity index (χ0) is 11.9. The molecule has 2 nitrogen and oxygen atoms in total. The predicted molar refractivity (Wildman–Crippen MR) is 66.3 cm³/mol. The second kappa shape index (κ2) is 3.38. The molecule has 0 saturated heterocycles. The normalized spacial score (nSPS) is 11.7. The van der Waals surface area contributed by atoms with Crippen molar-refractivity contribution in [3.05, 3.63) is 35.5 Å². The van der Waals surface area contributed by atoms with Gasteiger partial charge in [-0.2, -0.15) is 5.26 Å². The number of nitriles is 1. The molecule has 0 bridgehead atoms. The average Bonchev–Trinajstić information content (AvgIpc) is 2.58. The van der Waals surface area contributed by atoms with E-state index in [0.717, 1.165) is 16.5 Å². The Hall–Kier alpha value is -1.75. The molecule has 0 N–H and O–H groups in total. The number of hydrogen-bond acceptors (Lipinski definition) is 1. The minimum absolute atomic E-state index is 0.0790. The number of hydrogen-bond donors (Lipinski definition) is 0. The molecule has 2 aromatic rings. The number of rotatable bonds is 0. The number of aryl methyl sites for hydroxylation is 1. The van der Waals surface area contributed by atoms with Gasteiger partial charge in [-0.15, -0.1) is 0 Å². The lowest BCUT2D eigenvalue weighted by molar-refractivity contribution is 0.591. The molecule has 2 rings (SSSR count). The van der Waals surface area contributed by atoms with Crippen molar-refractivity contribution in [1.82, 2.24) is 4.57 Å². The van der Waals surface area contributed by atoms with Crippen LogP contribution in [0.5, 0.6) is 0 Å². The summed E-state index contributed by atoms with van der Waals surface area (Å²) in [6, 6.07) is 8.53. The fourth-order valence-corrected chi connectivity index (χ4v) is 1.96. The summed E-state index contributed by atoms with van der Waals surface area (Å²) in [5.41, 5.74) is 3.07. The lowest BCUT2D eigenvalue weighted by Gasteiger charge is -2.19. The molecule has 16 heavy (non-hydrogen) atoms. The summed E-state index contributed by atoms with van der Waals surface area (Å²) in [5.74, 6) is 0. The molecule has 0 spiro atoms. The van der Waals surface area contributed by atoms with Crippen molar-refractivity contribution in [2.75, 3.05) is 0 Å². The van der Waals surface area contributed by atoms with E-state index in [1.165, 1.54) is 5.56 Å². The van der Waals surface area contributed by atoms with Crippen molar-refractivity contribution >= 4 is 10.9 Å². The first-order valence-corrected chi connectivity index (χ1v) is 5.43. The fourth-order valence-electron chi connectivity index (χ4n) is 1.96. The Bertz CT molecular complexity index is 577. The number of nitrogens with zero attached hydrogens (tertiary/aromatic N) is 2. The van der Waals surface area contributed by atoms with Crippen LogP contribution in [0, 0.1) is 11.3 Å². The van der Waals surface area contributed by atoms with Gasteiger partial charge in [0.1, 0.15) is 6.07 Å². The summed E-state index contributed by atoms with van der Waals surface area (Å²) in [7, 11) is 1.97. The molecule has 0 radical (unpaired) electrons. The van der Waals surface area contributed by atoms with Crippen LogP contribution in [0.15, 0.2) is 24.4 Å². The van der Waals surface area contributed by atoms with Crippen molar-refractivity contribution in [2.45, 2.75) is 26.2 Å². The molecular weight excluding hydrogens is 196 g/mol. The van der Waals surface area contributed by atoms with E-state index in [1.54, 1.807) is 0 Å². The Morgan fingerprint density at radius 2 is 1.94 bits per heavy atom. The predicted octanol–water partition coefficient (Wildman–Crippen LogP) is 3.35. The summed E-state index contributed by atoms with van der Waals surface area (Å²) < 4.78 is 2.00. The summed E-state index contributed by atoms with van der Waals surface area (Å²) in [6.07, 6.45) is 2.00. The maximum Gasteiger partial charge on any atom is 0.101 e. The number of benzene rings is 1. The summed E-state index contributed by atoms with van der Waals surface area (Å²) >= 11 is 0.